The first kappa shape index (κ1) is 19.2. The van der Waals surface area contributed by atoms with Crippen molar-refractivity contribution in [2.45, 2.75) is 33.2 Å². The number of carbonyl (C=O) groups is 2. The normalized spacial score (nSPS) is 12.0. The highest BCUT2D eigenvalue weighted by Gasteiger charge is 2.11. The number of nitrogens with one attached hydrogen (secondary N) is 1. The summed E-state index contributed by atoms with van der Waals surface area (Å²) in [6.45, 7) is 5.70. The molecule has 1 aromatic rings. The van der Waals surface area contributed by atoms with Crippen molar-refractivity contribution in [2.24, 2.45) is 0 Å². The Hall–Kier alpha value is -2.81. The van der Waals surface area contributed by atoms with Crippen molar-refractivity contribution in [1.29, 1.82) is 5.26 Å². The molecular weight excluding hydrogens is 308 g/mol. The van der Waals surface area contributed by atoms with E-state index in [-0.39, 0.29) is 18.2 Å². The quantitative estimate of drug-likeness (QED) is 0.449. The van der Waals surface area contributed by atoms with Gasteiger partial charge in [0.15, 0.2) is 6.61 Å². The molecule has 0 aromatic heterocycles. The van der Waals surface area contributed by atoms with Crippen molar-refractivity contribution in [3.63, 3.8) is 0 Å². The number of nitriles is 1. The largest absolute Gasteiger partial charge is 0.482 e. The average Bonchev–Trinajstić information content (AvgIpc) is 2.58. The van der Waals surface area contributed by atoms with Gasteiger partial charge in [0.2, 0.25) is 0 Å². The Kier molecular flexibility index (Phi) is 8.06. The maximum absolute atomic E-state index is 12.0. The van der Waals surface area contributed by atoms with Crippen LogP contribution in [0.15, 0.2) is 29.8 Å². The van der Waals surface area contributed by atoms with Gasteiger partial charge in [-0.3, -0.25) is 4.79 Å². The zero-order chi connectivity index (χ0) is 17.9. The number of hydrogen-bond donors (Lipinski definition) is 1. The van der Waals surface area contributed by atoms with Crippen LogP contribution in [0.5, 0.6) is 5.75 Å². The van der Waals surface area contributed by atoms with Crippen LogP contribution >= 0.6 is 0 Å². The summed E-state index contributed by atoms with van der Waals surface area (Å²) in [4.78, 5) is 23.2. The second-order valence-electron chi connectivity index (χ2n) is 5.12. The first-order valence-corrected chi connectivity index (χ1v) is 7.81. The summed E-state index contributed by atoms with van der Waals surface area (Å²) < 4.78 is 10.0. The molecule has 0 fully saturated rings. The molecule has 0 heterocycles. The van der Waals surface area contributed by atoms with Crippen molar-refractivity contribution in [2.75, 3.05) is 13.2 Å². The summed E-state index contributed by atoms with van der Waals surface area (Å²) in [6.07, 6.45) is 2.30. The van der Waals surface area contributed by atoms with E-state index < -0.39 is 11.9 Å². The van der Waals surface area contributed by atoms with Crippen molar-refractivity contribution in [1.82, 2.24) is 5.32 Å². The Bertz CT molecular complexity index is 629. The Balaban J connectivity index is 2.71. The van der Waals surface area contributed by atoms with E-state index in [0.717, 1.165) is 6.42 Å². The molecule has 0 saturated carbocycles. The molecule has 0 saturated heterocycles. The highest BCUT2D eigenvalue weighted by molar-refractivity contribution is 6.01. The number of benzene rings is 1. The van der Waals surface area contributed by atoms with Crippen molar-refractivity contribution in [3.8, 4) is 11.8 Å². The molecule has 1 aromatic carbocycles. The van der Waals surface area contributed by atoms with E-state index in [1.54, 1.807) is 31.2 Å². The minimum Gasteiger partial charge on any atom is -0.482 e. The minimum absolute atomic E-state index is 0.00732. The third kappa shape index (κ3) is 6.53. The molecule has 0 unspecified atom stereocenters. The highest BCUT2D eigenvalue weighted by atomic mass is 16.6. The van der Waals surface area contributed by atoms with Crippen LogP contribution in [0.4, 0.5) is 0 Å². The van der Waals surface area contributed by atoms with Crippen LogP contribution in [0.25, 0.3) is 6.08 Å². The molecule has 0 aliphatic carbocycles. The fraction of sp³-hybridized carbons (Fsp3) is 0.389. The summed E-state index contributed by atoms with van der Waals surface area (Å²) >= 11 is 0. The summed E-state index contributed by atoms with van der Waals surface area (Å²) in [7, 11) is 0. The van der Waals surface area contributed by atoms with Gasteiger partial charge in [0.25, 0.3) is 5.91 Å². The van der Waals surface area contributed by atoms with Gasteiger partial charge in [-0.05, 0) is 44.0 Å². The number of nitrogens with zero attached hydrogens (tertiary/aromatic N) is 1. The number of rotatable bonds is 8. The standard InChI is InChI=1S/C18H22N2O4/c1-4-13(3)20-18(22)15(11-19)10-14-6-8-16(9-7-14)24-12-17(21)23-5-2/h6-10,13H,4-5,12H2,1-3H3,(H,20,22)/b15-10+/t13-/m0/s1. The molecule has 6 nitrogen and oxygen atoms in total. The fourth-order valence-corrected chi connectivity index (χ4v) is 1.72. The fourth-order valence-electron chi connectivity index (χ4n) is 1.72. The second kappa shape index (κ2) is 10.1. The third-order valence-electron chi connectivity index (χ3n) is 3.21. The first-order valence-electron chi connectivity index (χ1n) is 7.81. The van der Waals surface area contributed by atoms with E-state index >= 15 is 0 Å². The Morgan fingerprint density at radius 3 is 2.50 bits per heavy atom. The molecule has 1 amide bonds. The molecule has 6 heteroatoms. The number of amides is 1. The molecule has 1 N–H and O–H groups in total. The van der Waals surface area contributed by atoms with Crippen molar-refractivity contribution >= 4 is 18.0 Å². The van der Waals surface area contributed by atoms with Gasteiger partial charge in [0.1, 0.15) is 17.4 Å². The van der Waals surface area contributed by atoms with Gasteiger partial charge in [0.05, 0.1) is 6.61 Å². The predicted octanol–water partition coefficient (Wildman–Crippen LogP) is 2.45. The lowest BCUT2D eigenvalue weighted by Crippen LogP contribution is -2.32. The molecule has 128 valence electrons. The van der Waals surface area contributed by atoms with Gasteiger partial charge in [-0.2, -0.15) is 5.26 Å². The lowest BCUT2D eigenvalue weighted by molar-refractivity contribution is -0.145. The smallest absolute Gasteiger partial charge is 0.344 e. The van der Waals surface area contributed by atoms with Crippen LogP contribution in [-0.2, 0) is 14.3 Å². The molecule has 0 bridgehead atoms. The Labute approximate surface area is 142 Å². The van der Waals surface area contributed by atoms with Gasteiger partial charge >= 0.3 is 5.97 Å². The summed E-state index contributed by atoms with van der Waals surface area (Å²) in [5.41, 5.74) is 0.727. The minimum atomic E-state index is -0.435. The monoisotopic (exact) mass is 330 g/mol. The van der Waals surface area contributed by atoms with Crippen LogP contribution < -0.4 is 10.1 Å². The van der Waals surface area contributed by atoms with E-state index in [4.69, 9.17) is 14.7 Å². The topological polar surface area (TPSA) is 88.4 Å². The Morgan fingerprint density at radius 1 is 1.29 bits per heavy atom. The predicted molar refractivity (Wildman–Crippen MR) is 90.1 cm³/mol. The van der Waals surface area contributed by atoms with Crippen LogP contribution in [0.1, 0.15) is 32.8 Å². The van der Waals surface area contributed by atoms with Gasteiger partial charge < -0.3 is 14.8 Å². The molecule has 0 aliphatic rings. The van der Waals surface area contributed by atoms with E-state index in [0.29, 0.717) is 17.9 Å². The molecule has 0 aliphatic heterocycles. The summed E-state index contributed by atoms with van der Waals surface area (Å²) in [5.74, 6) is -0.327. The number of hydrogen-bond acceptors (Lipinski definition) is 5. The van der Waals surface area contributed by atoms with Crippen molar-refractivity contribution in [3.05, 3.63) is 35.4 Å². The lowest BCUT2D eigenvalue weighted by Gasteiger charge is -2.10. The molecule has 24 heavy (non-hydrogen) atoms. The zero-order valence-electron chi connectivity index (χ0n) is 14.2. The third-order valence-corrected chi connectivity index (χ3v) is 3.21. The van der Waals surface area contributed by atoms with Crippen molar-refractivity contribution < 1.29 is 19.1 Å². The summed E-state index contributed by atoms with van der Waals surface area (Å²) in [6, 6.07) is 8.64. The average molecular weight is 330 g/mol. The van der Waals surface area contributed by atoms with Crippen LogP contribution in [0.3, 0.4) is 0 Å². The van der Waals surface area contributed by atoms with E-state index in [1.807, 2.05) is 19.9 Å². The number of carbonyl (C=O) groups excluding carboxylic acids is 2. The van der Waals surface area contributed by atoms with Crippen LogP contribution in [0.2, 0.25) is 0 Å². The molecule has 0 spiro atoms. The van der Waals surface area contributed by atoms with E-state index in [2.05, 4.69) is 5.32 Å². The summed E-state index contributed by atoms with van der Waals surface area (Å²) in [5, 5.41) is 11.9. The SMILES string of the molecule is CCOC(=O)COc1ccc(/C=C(\C#N)C(=O)N[C@@H](C)CC)cc1. The van der Waals surface area contributed by atoms with Gasteiger partial charge in [-0.25, -0.2) is 4.79 Å². The highest BCUT2D eigenvalue weighted by Crippen LogP contribution is 2.15. The maximum atomic E-state index is 12.0. The molecular formula is C18H22N2O4. The van der Waals surface area contributed by atoms with Crippen LogP contribution in [-0.4, -0.2) is 31.1 Å². The lowest BCUT2D eigenvalue weighted by atomic mass is 10.1. The van der Waals surface area contributed by atoms with E-state index in [1.165, 1.54) is 6.08 Å². The number of ether oxygens (including phenoxy) is 2. The number of esters is 1. The molecule has 1 atom stereocenters. The molecule has 0 radical (unpaired) electrons. The molecule has 1 rings (SSSR count). The zero-order valence-corrected chi connectivity index (χ0v) is 14.2. The van der Waals surface area contributed by atoms with Gasteiger partial charge in [-0.15, -0.1) is 0 Å². The van der Waals surface area contributed by atoms with Gasteiger partial charge in [-0.1, -0.05) is 19.1 Å². The van der Waals surface area contributed by atoms with Gasteiger partial charge in [0, 0.05) is 6.04 Å². The second-order valence-corrected chi connectivity index (χ2v) is 5.12. The van der Waals surface area contributed by atoms with Crippen LogP contribution in [0, 0.1) is 11.3 Å². The Morgan fingerprint density at radius 2 is 1.96 bits per heavy atom. The maximum Gasteiger partial charge on any atom is 0.344 e. The van der Waals surface area contributed by atoms with E-state index in [9.17, 15) is 9.59 Å². The first-order chi connectivity index (χ1) is 11.5.